The highest BCUT2D eigenvalue weighted by Gasteiger charge is 2.05. The Bertz CT molecular complexity index is 466. The molecule has 0 unspecified atom stereocenters. The predicted octanol–water partition coefficient (Wildman–Crippen LogP) is 0.135. The smallest absolute Gasteiger partial charge is 0.315 e. The van der Waals surface area contributed by atoms with E-state index in [-0.39, 0.29) is 0 Å². The zero-order valence-corrected chi connectivity index (χ0v) is 9.73. The van der Waals surface area contributed by atoms with E-state index >= 15 is 0 Å². The normalized spacial score (nSPS) is 10.7. The fourth-order valence-electron chi connectivity index (χ4n) is 1.27. The summed E-state index contributed by atoms with van der Waals surface area (Å²) in [5.74, 6) is 1.77. The number of anilines is 1. The van der Waals surface area contributed by atoms with Gasteiger partial charge in [0.2, 0.25) is 11.8 Å². The van der Waals surface area contributed by atoms with Crippen LogP contribution in [0.1, 0.15) is 17.6 Å². The Hall–Kier alpha value is -1.96. The summed E-state index contributed by atoms with van der Waals surface area (Å²) in [5.41, 5.74) is 0. The van der Waals surface area contributed by atoms with Crippen molar-refractivity contribution >= 4 is 6.01 Å². The van der Waals surface area contributed by atoms with Gasteiger partial charge in [0.15, 0.2) is 5.82 Å². The first-order chi connectivity index (χ1) is 8.28. The second-order valence-corrected chi connectivity index (χ2v) is 3.44. The number of rotatable bonds is 6. The van der Waals surface area contributed by atoms with Gasteiger partial charge in [-0.05, 0) is 7.05 Å². The van der Waals surface area contributed by atoms with Crippen molar-refractivity contribution in [3.63, 3.8) is 0 Å². The largest absolute Gasteiger partial charge is 0.407 e. The summed E-state index contributed by atoms with van der Waals surface area (Å²) in [7, 11) is 1.82. The van der Waals surface area contributed by atoms with Crippen LogP contribution in [-0.2, 0) is 13.0 Å². The van der Waals surface area contributed by atoms with Gasteiger partial charge < -0.3 is 19.6 Å². The Morgan fingerprint density at radius 2 is 2.18 bits per heavy atom. The summed E-state index contributed by atoms with van der Waals surface area (Å²) < 4.78 is 10.2. The van der Waals surface area contributed by atoms with Crippen LogP contribution in [-0.4, -0.2) is 33.9 Å². The zero-order chi connectivity index (χ0) is 12.1. The Morgan fingerprint density at radius 3 is 2.88 bits per heavy atom. The topological polar surface area (TPSA) is 102 Å². The number of nitrogens with one attached hydrogen (secondary N) is 2. The van der Waals surface area contributed by atoms with E-state index in [0.717, 1.165) is 0 Å². The van der Waals surface area contributed by atoms with E-state index in [1.54, 1.807) is 6.92 Å². The zero-order valence-electron chi connectivity index (χ0n) is 9.73. The van der Waals surface area contributed by atoms with Crippen LogP contribution < -0.4 is 10.6 Å². The second-order valence-electron chi connectivity index (χ2n) is 3.44. The number of hydrogen-bond donors (Lipinski definition) is 2. The van der Waals surface area contributed by atoms with E-state index < -0.39 is 0 Å². The fourth-order valence-corrected chi connectivity index (χ4v) is 1.27. The van der Waals surface area contributed by atoms with Gasteiger partial charge in [-0.2, -0.15) is 4.98 Å². The molecule has 0 aliphatic carbocycles. The minimum Gasteiger partial charge on any atom is -0.407 e. The lowest BCUT2D eigenvalue weighted by atomic mass is 10.4. The van der Waals surface area contributed by atoms with E-state index in [0.29, 0.717) is 43.1 Å². The molecule has 0 aliphatic heterocycles. The third-order valence-corrected chi connectivity index (χ3v) is 1.99. The molecule has 92 valence electrons. The van der Waals surface area contributed by atoms with E-state index in [9.17, 15) is 0 Å². The van der Waals surface area contributed by atoms with Crippen LogP contribution in [0, 0.1) is 6.92 Å². The van der Waals surface area contributed by atoms with Crippen molar-refractivity contribution in [2.75, 3.05) is 18.9 Å². The summed E-state index contributed by atoms with van der Waals surface area (Å²) in [6, 6.07) is 0.399. The first kappa shape index (κ1) is 11.5. The fraction of sp³-hybridized carbons (Fsp3) is 0.556. The summed E-state index contributed by atoms with van der Waals surface area (Å²) in [5, 5.41) is 17.4. The lowest BCUT2D eigenvalue weighted by molar-refractivity contribution is 0.387. The lowest BCUT2D eigenvalue weighted by Crippen LogP contribution is -2.06. The molecule has 8 nitrogen and oxygen atoms in total. The number of aryl methyl sites for hydroxylation is 1. The summed E-state index contributed by atoms with van der Waals surface area (Å²) in [4.78, 5) is 4.08. The third kappa shape index (κ3) is 3.25. The molecule has 2 heterocycles. The van der Waals surface area contributed by atoms with E-state index in [1.807, 2.05) is 7.05 Å². The molecule has 0 aromatic carbocycles. The molecule has 0 radical (unpaired) electrons. The first-order valence-electron chi connectivity index (χ1n) is 5.28. The molecule has 8 heteroatoms. The van der Waals surface area contributed by atoms with Gasteiger partial charge >= 0.3 is 6.01 Å². The molecular weight excluding hydrogens is 224 g/mol. The van der Waals surface area contributed by atoms with Gasteiger partial charge in [0.05, 0.1) is 6.54 Å². The molecule has 0 atom stereocenters. The Morgan fingerprint density at radius 1 is 1.29 bits per heavy atom. The van der Waals surface area contributed by atoms with Crippen molar-refractivity contribution in [1.82, 2.24) is 25.7 Å². The summed E-state index contributed by atoms with van der Waals surface area (Å²) in [6.45, 7) is 2.92. The van der Waals surface area contributed by atoms with Gasteiger partial charge in [-0.15, -0.1) is 5.10 Å². The summed E-state index contributed by atoms with van der Waals surface area (Å²) >= 11 is 0. The standard InChI is InChI=1S/C9H14N6O2/c1-6-12-7(15-17-6)3-4-11-9-14-13-8(16-9)5-10-2/h10H,3-5H2,1-2H3,(H,11,14). The van der Waals surface area contributed by atoms with E-state index in [1.165, 1.54) is 0 Å². The van der Waals surface area contributed by atoms with Gasteiger partial charge in [-0.3, -0.25) is 0 Å². The molecule has 0 bridgehead atoms. The van der Waals surface area contributed by atoms with Crippen LogP contribution >= 0.6 is 0 Å². The van der Waals surface area contributed by atoms with Gasteiger partial charge in [0, 0.05) is 19.9 Å². The minimum absolute atomic E-state index is 0.399. The minimum atomic E-state index is 0.399. The average molecular weight is 238 g/mol. The highest BCUT2D eigenvalue weighted by atomic mass is 16.5. The van der Waals surface area contributed by atoms with E-state index in [4.69, 9.17) is 8.94 Å². The lowest BCUT2D eigenvalue weighted by Gasteiger charge is -1.96. The molecule has 0 saturated heterocycles. The van der Waals surface area contributed by atoms with Crippen LogP contribution in [0.15, 0.2) is 8.94 Å². The van der Waals surface area contributed by atoms with Gasteiger partial charge in [-0.1, -0.05) is 10.3 Å². The van der Waals surface area contributed by atoms with Gasteiger partial charge in [0.25, 0.3) is 0 Å². The number of hydrogen-bond acceptors (Lipinski definition) is 8. The van der Waals surface area contributed by atoms with E-state index in [2.05, 4.69) is 31.0 Å². The number of aromatic nitrogens is 4. The quantitative estimate of drug-likeness (QED) is 0.732. The van der Waals surface area contributed by atoms with Crippen LogP contribution in [0.2, 0.25) is 0 Å². The third-order valence-electron chi connectivity index (χ3n) is 1.99. The SMILES string of the molecule is CNCc1nnc(NCCc2noc(C)n2)o1. The maximum atomic E-state index is 5.31. The second kappa shape index (κ2) is 5.39. The molecule has 2 N–H and O–H groups in total. The average Bonchev–Trinajstić information content (AvgIpc) is 2.89. The maximum absolute atomic E-state index is 5.31. The van der Waals surface area contributed by atoms with Crippen molar-refractivity contribution in [3.05, 3.63) is 17.6 Å². The molecule has 0 fully saturated rings. The van der Waals surface area contributed by atoms with Crippen molar-refractivity contribution in [2.24, 2.45) is 0 Å². The number of nitrogens with zero attached hydrogens (tertiary/aromatic N) is 4. The van der Waals surface area contributed by atoms with Crippen molar-refractivity contribution in [2.45, 2.75) is 19.9 Å². The highest BCUT2D eigenvalue weighted by Crippen LogP contribution is 2.05. The van der Waals surface area contributed by atoms with Crippen LogP contribution in [0.25, 0.3) is 0 Å². The summed E-state index contributed by atoms with van der Waals surface area (Å²) in [6.07, 6.45) is 0.640. The van der Waals surface area contributed by atoms with Crippen molar-refractivity contribution in [1.29, 1.82) is 0 Å². The van der Waals surface area contributed by atoms with Gasteiger partial charge in [0.1, 0.15) is 0 Å². The molecule has 2 aromatic rings. The molecular formula is C9H14N6O2. The highest BCUT2D eigenvalue weighted by molar-refractivity contribution is 5.16. The Balaban J connectivity index is 1.77. The molecule has 17 heavy (non-hydrogen) atoms. The molecule has 0 amide bonds. The van der Waals surface area contributed by atoms with Crippen LogP contribution in [0.4, 0.5) is 6.01 Å². The molecule has 0 spiro atoms. The van der Waals surface area contributed by atoms with Crippen LogP contribution in [0.3, 0.4) is 0 Å². The van der Waals surface area contributed by atoms with Crippen LogP contribution in [0.5, 0.6) is 0 Å². The Kier molecular flexibility index (Phi) is 3.66. The molecule has 2 aromatic heterocycles. The monoisotopic (exact) mass is 238 g/mol. The molecule has 0 aliphatic rings. The van der Waals surface area contributed by atoms with Crippen molar-refractivity contribution < 1.29 is 8.94 Å². The first-order valence-corrected chi connectivity index (χ1v) is 5.28. The molecule has 0 saturated carbocycles. The Labute approximate surface area is 97.8 Å². The maximum Gasteiger partial charge on any atom is 0.315 e. The van der Waals surface area contributed by atoms with Gasteiger partial charge in [-0.25, -0.2) is 0 Å². The molecule has 2 rings (SSSR count). The predicted molar refractivity (Wildman–Crippen MR) is 58.3 cm³/mol. The van der Waals surface area contributed by atoms with Crippen molar-refractivity contribution in [3.8, 4) is 0 Å².